The smallest absolute Gasteiger partial charge is 0.321 e. The van der Waals surface area contributed by atoms with Gasteiger partial charge in [0.05, 0.1) is 0 Å². The van der Waals surface area contributed by atoms with Crippen molar-refractivity contribution in [3.8, 4) is 0 Å². The predicted octanol–water partition coefficient (Wildman–Crippen LogP) is 3.63. The van der Waals surface area contributed by atoms with E-state index in [4.69, 9.17) is 0 Å². The predicted molar refractivity (Wildman–Crippen MR) is 114 cm³/mol. The van der Waals surface area contributed by atoms with Crippen LogP contribution in [0, 0.1) is 12.7 Å². The highest BCUT2D eigenvalue weighted by atomic mass is 19.1. The number of nitrogens with zero attached hydrogens (tertiary/aromatic N) is 2. The van der Waals surface area contributed by atoms with Gasteiger partial charge in [0.2, 0.25) is 0 Å². The van der Waals surface area contributed by atoms with Crippen molar-refractivity contribution in [1.82, 2.24) is 15.5 Å². The lowest BCUT2D eigenvalue weighted by atomic mass is 10.1. The molecule has 29 heavy (non-hydrogen) atoms. The second-order valence-electron chi connectivity index (χ2n) is 7.19. The van der Waals surface area contributed by atoms with Gasteiger partial charge in [-0.25, -0.2) is 9.18 Å². The largest absolute Gasteiger partial charge is 0.352 e. The van der Waals surface area contributed by atoms with E-state index in [1.165, 1.54) is 6.07 Å². The third-order valence-electron chi connectivity index (χ3n) is 4.95. The van der Waals surface area contributed by atoms with Crippen LogP contribution in [-0.2, 0) is 13.1 Å². The summed E-state index contributed by atoms with van der Waals surface area (Å²) in [4.78, 5) is 18.3. The Bertz CT molecular complexity index is 877. The van der Waals surface area contributed by atoms with Crippen LogP contribution in [0.1, 0.15) is 29.5 Å². The summed E-state index contributed by atoms with van der Waals surface area (Å²) >= 11 is 0. The minimum Gasteiger partial charge on any atom is -0.352 e. The minimum absolute atomic E-state index is 0.0459. The number of aliphatic imine (C=N–C) groups is 1. The fraction of sp³-hybridized carbons (Fsp3) is 0.364. The van der Waals surface area contributed by atoms with Crippen LogP contribution in [0.15, 0.2) is 47.5 Å². The molecule has 1 aliphatic heterocycles. The van der Waals surface area contributed by atoms with Crippen LogP contribution in [-0.4, -0.2) is 37.0 Å². The maximum absolute atomic E-state index is 13.7. The maximum atomic E-state index is 13.7. The van der Waals surface area contributed by atoms with Gasteiger partial charge in [0, 0.05) is 38.9 Å². The Morgan fingerprint density at radius 1 is 1.07 bits per heavy atom. The van der Waals surface area contributed by atoms with E-state index in [-0.39, 0.29) is 11.8 Å². The van der Waals surface area contributed by atoms with Crippen molar-refractivity contribution in [1.29, 1.82) is 0 Å². The molecule has 1 saturated heterocycles. The number of hydrogen-bond acceptors (Lipinski definition) is 2. The summed E-state index contributed by atoms with van der Waals surface area (Å²) in [6.07, 6.45) is 2.14. The number of aryl methyl sites for hydroxylation is 1. The van der Waals surface area contributed by atoms with Gasteiger partial charge in [-0.15, -0.1) is 0 Å². The lowest BCUT2D eigenvalue weighted by Crippen LogP contribution is -2.36. The zero-order valence-electron chi connectivity index (χ0n) is 17.0. The Balaban J connectivity index is 1.51. The zero-order chi connectivity index (χ0) is 20.6. The molecular formula is C22H28FN5O. The first kappa shape index (κ1) is 20.6. The first-order valence-corrected chi connectivity index (χ1v) is 9.89. The SMILES string of the molecule is CN=C(NCc1cccc(NC(=O)N2CCCC2)c1)NCc1ccc(C)c(F)c1. The van der Waals surface area contributed by atoms with E-state index in [0.717, 1.165) is 42.7 Å². The zero-order valence-corrected chi connectivity index (χ0v) is 17.0. The number of nitrogens with one attached hydrogen (secondary N) is 3. The first-order valence-electron chi connectivity index (χ1n) is 9.89. The van der Waals surface area contributed by atoms with Crippen LogP contribution in [0.25, 0.3) is 0 Å². The summed E-state index contributed by atoms with van der Waals surface area (Å²) in [6, 6.07) is 12.9. The van der Waals surface area contributed by atoms with Crippen molar-refractivity contribution >= 4 is 17.7 Å². The molecule has 154 valence electrons. The van der Waals surface area contributed by atoms with Crippen molar-refractivity contribution in [2.24, 2.45) is 4.99 Å². The van der Waals surface area contributed by atoms with Crippen molar-refractivity contribution in [2.75, 3.05) is 25.5 Å². The van der Waals surface area contributed by atoms with Crippen molar-refractivity contribution in [3.63, 3.8) is 0 Å². The molecule has 2 amide bonds. The number of carbonyl (C=O) groups excluding carboxylic acids is 1. The minimum atomic E-state index is -0.208. The van der Waals surface area contributed by atoms with E-state index in [9.17, 15) is 9.18 Å². The Hall–Kier alpha value is -3.09. The normalized spacial score (nSPS) is 14.0. The number of halogens is 1. The molecule has 0 aromatic heterocycles. The lowest BCUT2D eigenvalue weighted by Gasteiger charge is -2.17. The van der Waals surface area contributed by atoms with Gasteiger partial charge in [-0.3, -0.25) is 4.99 Å². The van der Waals surface area contributed by atoms with Gasteiger partial charge < -0.3 is 20.9 Å². The lowest BCUT2D eigenvalue weighted by molar-refractivity contribution is 0.222. The van der Waals surface area contributed by atoms with E-state index in [2.05, 4.69) is 20.9 Å². The van der Waals surface area contributed by atoms with Gasteiger partial charge >= 0.3 is 6.03 Å². The highest BCUT2D eigenvalue weighted by molar-refractivity contribution is 5.89. The second-order valence-corrected chi connectivity index (χ2v) is 7.19. The number of anilines is 1. The molecule has 6 nitrogen and oxygen atoms in total. The van der Waals surface area contributed by atoms with Gasteiger partial charge in [0.25, 0.3) is 0 Å². The summed E-state index contributed by atoms with van der Waals surface area (Å²) in [5.74, 6) is 0.414. The van der Waals surface area contributed by atoms with Crippen molar-refractivity contribution in [2.45, 2.75) is 32.9 Å². The Morgan fingerprint density at radius 2 is 1.76 bits per heavy atom. The molecule has 3 rings (SSSR count). The van der Waals surface area contributed by atoms with E-state index < -0.39 is 0 Å². The van der Waals surface area contributed by atoms with Crippen molar-refractivity contribution < 1.29 is 9.18 Å². The number of carbonyl (C=O) groups is 1. The van der Waals surface area contributed by atoms with Crippen LogP contribution >= 0.6 is 0 Å². The van der Waals surface area contributed by atoms with Gasteiger partial charge in [-0.2, -0.15) is 0 Å². The Morgan fingerprint density at radius 3 is 2.41 bits per heavy atom. The topological polar surface area (TPSA) is 68.8 Å². The standard InChI is InChI=1S/C22H28FN5O/c1-16-8-9-18(13-20(16)23)15-26-21(24-2)25-14-17-6-5-7-19(12-17)27-22(29)28-10-3-4-11-28/h5-9,12-13H,3-4,10-11,14-15H2,1-2H3,(H,27,29)(H2,24,25,26). The van der Waals surface area contributed by atoms with Gasteiger partial charge in [-0.1, -0.05) is 24.3 Å². The number of guanidine groups is 1. The molecule has 0 bridgehead atoms. The van der Waals surface area contributed by atoms with Crippen LogP contribution in [0.5, 0.6) is 0 Å². The molecule has 0 unspecified atom stereocenters. The van der Waals surface area contributed by atoms with Crippen LogP contribution in [0.4, 0.5) is 14.9 Å². The maximum Gasteiger partial charge on any atom is 0.321 e. The second kappa shape index (κ2) is 9.91. The molecule has 0 radical (unpaired) electrons. The average Bonchev–Trinajstić information content (AvgIpc) is 3.26. The molecule has 0 aliphatic carbocycles. The van der Waals surface area contributed by atoms with E-state index in [1.54, 1.807) is 20.0 Å². The molecular weight excluding hydrogens is 369 g/mol. The molecule has 1 heterocycles. The third-order valence-corrected chi connectivity index (χ3v) is 4.95. The molecule has 2 aromatic rings. The number of benzene rings is 2. The number of likely N-dealkylation sites (tertiary alicyclic amines) is 1. The summed E-state index contributed by atoms with van der Waals surface area (Å²) in [5, 5.41) is 9.38. The highest BCUT2D eigenvalue weighted by Crippen LogP contribution is 2.14. The molecule has 0 spiro atoms. The van der Waals surface area contributed by atoms with Crippen molar-refractivity contribution in [3.05, 3.63) is 65.0 Å². The quantitative estimate of drug-likeness (QED) is 0.533. The summed E-state index contributed by atoms with van der Waals surface area (Å²) in [7, 11) is 1.69. The van der Waals surface area contributed by atoms with Gasteiger partial charge in [0.1, 0.15) is 5.82 Å². The number of rotatable bonds is 5. The van der Waals surface area contributed by atoms with E-state index in [1.807, 2.05) is 35.2 Å². The molecule has 0 saturated carbocycles. The fourth-order valence-electron chi connectivity index (χ4n) is 3.22. The number of urea groups is 1. The third kappa shape index (κ3) is 5.94. The highest BCUT2D eigenvalue weighted by Gasteiger charge is 2.17. The fourth-order valence-corrected chi connectivity index (χ4v) is 3.22. The summed E-state index contributed by atoms with van der Waals surface area (Å²) < 4.78 is 13.7. The Labute approximate surface area is 171 Å². The monoisotopic (exact) mass is 397 g/mol. The Kier molecular flexibility index (Phi) is 7.05. The van der Waals surface area contributed by atoms with Crippen LogP contribution in [0.3, 0.4) is 0 Å². The van der Waals surface area contributed by atoms with Crippen LogP contribution in [0.2, 0.25) is 0 Å². The summed E-state index contributed by atoms with van der Waals surface area (Å²) in [5.41, 5.74) is 3.28. The van der Waals surface area contributed by atoms with Gasteiger partial charge in [0.15, 0.2) is 5.96 Å². The van der Waals surface area contributed by atoms with E-state index in [0.29, 0.717) is 24.6 Å². The van der Waals surface area contributed by atoms with E-state index >= 15 is 0 Å². The number of hydrogen-bond donors (Lipinski definition) is 3. The first-order chi connectivity index (χ1) is 14.0. The average molecular weight is 397 g/mol. The molecule has 3 N–H and O–H groups in total. The molecule has 0 atom stereocenters. The number of amides is 2. The van der Waals surface area contributed by atoms with Crippen LogP contribution < -0.4 is 16.0 Å². The molecule has 7 heteroatoms. The molecule has 2 aromatic carbocycles. The van der Waals surface area contributed by atoms with Gasteiger partial charge in [-0.05, 0) is 54.7 Å². The molecule has 1 fully saturated rings. The molecule has 1 aliphatic rings. The summed E-state index contributed by atoms with van der Waals surface area (Å²) in [6.45, 7) is 4.41.